The summed E-state index contributed by atoms with van der Waals surface area (Å²) in [7, 11) is 0. The fraction of sp³-hybridized carbons (Fsp3) is 0.0833. The lowest BCUT2D eigenvalue weighted by Gasteiger charge is -2.07. The summed E-state index contributed by atoms with van der Waals surface area (Å²) >= 11 is 5.87. The minimum absolute atomic E-state index is 0.0373. The van der Waals surface area contributed by atoms with E-state index >= 15 is 0 Å². The molecule has 0 saturated heterocycles. The van der Waals surface area contributed by atoms with Gasteiger partial charge in [-0.15, -0.1) is 0 Å². The van der Waals surface area contributed by atoms with Crippen molar-refractivity contribution >= 4 is 17.5 Å². The molecular formula is C12H10ClN7O. The van der Waals surface area contributed by atoms with Crippen molar-refractivity contribution in [2.75, 3.05) is 5.32 Å². The highest BCUT2D eigenvalue weighted by Crippen LogP contribution is 2.17. The quantitative estimate of drug-likeness (QED) is 0.751. The summed E-state index contributed by atoms with van der Waals surface area (Å²) < 4.78 is 1.37. The van der Waals surface area contributed by atoms with Crippen LogP contribution in [0, 0.1) is 0 Å². The Bertz CT molecular complexity index is 747. The predicted octanol–water partition coefficient (Wildman–Crippen LogP) is 1.42. The summed E-state index contributed by atoms with van der Waals surface area (Å²) in [6.07, 6.45) is 2.82. The Balaban J connectivity index is 1.81. The van der Waals surface area contributed by atoms with Crippen LogP contribution in [0.5, 0.6) is 5.75 Å². The number of phenolic OH excluding ortho intramolecular Hbond substituents is 1. The molecule has 2 aromatic heterocycles. The van der Waals surface area contributed by atoms with Gasteiger partial charge in [-0.3, -0.25) is 0 Å². The molecule has 8 nitrogen and oxygen atoms in total. The van der Waals surface area contributed by atoms with Crippen LogP contribution in [0.2, 0.25) is 5.28 Å². The maximum atomic E-state index is 9.71. The maximum absolute atomic E-state index is 9.71. The van der Waals surface area contributed by atoms with Crippen molar-refractivity contribution in [2.24, 2.45) is 0 Å². The number of nitrogens with zero attached hydrogens (tertiary/aromatic N) is 6. The fourth-order valence-electron chi connectivity index (χ4n) is 1.67. The third-order valence-electron chi connectivity index (χ3n) is 2.65. The highest BCUT2D eigenvalue weighted by atomic mass is 35.5. The molecule has 9 heteroatoms. The van der Waals surface area contributed by atoms with Gasteiger partial charge in [-0.25, -0.2) is 4.98 Å². The van der Waals surface area contributed by atoms with Gasteiger partial charge < -0.3 is 10.4 Å². The number of halogens is 1. The average Bonchev–Trinajstić information content (AvgIpc) is 3.00. The Morgan fingerprint density at radius 2 is 2.05 bits per heavy atom. The summed E-state index contributed by atoms with van der Waals surface area (Å²) in [5.74, 6) is 0.734. The standard InChI is InChI=1S/C12H10ClN7O/c13-10-17-11(15-5-8-3-1-2-4-9(8)21)19-12(18-10)20-7-14-6-16-20/h1-4,6-7,21H,5H2,(H,15,17,18,19). The number of nitrogens with one attached hydrogen (secondary N) is 1. The number of hydrogen-bond donors (Lipinski definition) is 2. The number of benzene rings is 1. The van der Waals surface area contributed by atoms with Crippen LogP contribution < -0.4 is 5.32 Å². The van der Waals surface area contributed by atoms with Crippen LogP contribution in [-0.4, -0.2) is 34.8 Å². The molecule has 1 aromatic carbocycles. The maximum Gasteiger partial charge on any atom is 0.258 e. The second-order valence-corrected chi connectivity index (χ2v) is 4.39. The number of aromatic nitrogens is 6. The first-order chi connectivity index (χ1) is 10.2. The summed E-state index contributed by atoms with van der Waals surface area (Å²) in [5.41, 5.74) is 0.719. The highest BCUT2D eigenvalue weighted by Gasteiger charge is 2.08. The molecule has 0 aliphatic rings. The zero-order valence-corrected chi connectivity index (χ0v) is 11.4. The van der Waals surface area contributed by atoms with Crippen LogP contribution in [0.3, 0.4) is 0 Å². The Labute approximate surface area is 124 Å². The number of anilines is 1. The van der Waals surface area contributed by atoms with E-state index in [1.165, 1.54) is 17.3 Å². The van der Waals surface area contributed by atoms with Crippen molar-refractivity contribution in [3.05, 3.63) is 47.8 Å². The first kappa shape index (κ1) is 13.3. The van der Waals surface area contributed by atoms with Gasteiger partial charge in [0, 0.05) is 12.1 Å². The van der Waals surface area contributed by atoms with E-state index in [0.29, 0.717) is 6.54 Å². The SMILES string of the molecule is Oc1ccccc1CNc1nc(Cl)nc(-n2cncn2)n1. The van der Waals surface area contributed by atoms with Crippen molar-refractivity contribution in [1.82, 2.24) is 29.7 Å². The van der Waals surface area contributed by atoms with E-state index in [1.807, 2.05) is 6.07 Å². The first-order valence-corrected chi connectivity index (χ1v) is 6.37. The van der Waals surface area contributed by atoms with Gasteiger partial charge >= 0.3 is 0 Å². The molecule has 0 saturated carbocycles. The summed E-state index contributed by atoms with van der Waals surface area (Å²) in [4.78, 5) is 15.9. The molecule has 0 amide bonds. The molecule has 0 unspecified atom stereocenters. The smallest absolute Gasteiger partial charge is 0.258 e. The molecular weight excluding hydrogens is 294 g/mol. The second kappa shape index (κ2) is 5.71. The van der Waals surface area contributed by atoms with Gasteiger partial charge in [0.15, 0.2) is 0 Å². The number of aromatic hydroxyl groups is 1. The molecule has 21 heavy (non-hydrogen) atoms. The molecule has 0 spiro atoms. The molecule has 0 bridgehead atoms. The number of para-hydroxylation sites is 1. The van der Waals surface area contributed by atoms with Crippen LogP contribution >= 0.6 is 11.6 Å². The Morgan fingerprint density at radius 3 is 2.81 bits per heavy atom. The van der Waals surface area contributed by atoms with Crippen molar-refractivity contribution in [2.45, 2.75) is 6.54 Å². The summed E-state index contributed by atoms with van der Waals surface area (Å²) in [6, 6.07) is 6.99. The van der Waals surface area contributed by atoms with E-state index in [4.69, 9.17) is 11.6 Å². The van der Waals surface area contributed by atoms with Gasteiger partial charge in [0.05, 0.1) is 0 Å². The molecule has 0 atom stereocenters. The van der Waals surface area contributed by atoms with Gasteiger partial charge in [0.2, 0.25) is 11.2 Å². The minimum Gasteiger partial charge on any atom is -0.508 e. The van der Waals surface area contributed by atoms with Crippen LogP contribution in [0.25, 0.3) is 5.95 Å². The predicted molar refractivity (Wildman–Crippen MR) is 75.2 cm³/mol. The first-order valence-electron chi connectivity index (χ1n) is 6.00. The minimum atomic E-state index is 0.0373. The van der Waals surface area contributed by atoms with E-state index < -0.39 is 0 Å². The van der Waals surface area contributed by atoms with Gasteiger partial charge in [-0.2, -0.15) is 24.7 Å². The second-order valence-electron chi connectivity index (χ2n) is 4.05. The van der Waals surface area contributed by atoms with Crippen molar-refractivity contribution in [3.63, 3.8) is 0 Å². The normalized spacial score (nSPS) is 10.5. The molecule has 0 fully saturated rings. The molecule has 106 valence electrons. The highest BCUT2D eigenvalue weighted by molar-refractivity contribution is 6.28. The van der Waals surface area contributed by atoms with Crippen LogP contribution in [0.1, 0.15) is 5.56 Å². The summed E-state index contributed by atoms with van der Waals surface area (Å²) in [6.45, 7) is 0.351. The van der Waals surface area contributed by atoms with Gasteiger partial charge in [0.1, 0.15) is 18.4 Å². The fourth-order valence-corrected chi connectivity index (χ4v) is 1.82. The van der Waals surface area contributed by atoms with E-state index in [1.54, 1.807) is 18.2 Å². The molecule has 2 heterocycles. The van der Waals surface area contributed by atoms with Gasteiger partial charge in [-0.05, 0) is 17.7 Å². The topological polar surface area (TPSA) is 102 Å². The molecule has 3 rings (SSSR count). The lowest BCUT2D eigenvalue weighted by molar-refractivity contribution is 0.469. The lowest BCUT2D eigenvalue weighted by atomic mass is 10.2. The third-order valence-corrected chi connectivity index (χ3v) is 2.82. The third kappa shape index (κ3) is 3.06. The lowest BCUT2D eigenvalue weighted by Crippen LogP contribution is -2.09. The van der Waals surface area contributed by atoms with E-state index in [2.05, 4.69) is 30.4 Å². The van der Waals surface area contributed by atoms with Crippen molar-refractivity contribution < 1.29 is 5.11 Å². The zero-order valence-electron chi connectivity index (χ0n) is 10.7. The van der Waals surface area contributed by atoms with Crippen molar-refractivity contribution in [1.29, 1.82) is 0 Å². The van der Waals surface area contributed by atoms with Gasteiger partial charge in [-0.1, -0.05) is 18.2 Å². The van der Waals surface area contributed by atoms with Crippen LogP contribution in [0.15, 0.2) is 36.9 Å². The molecule has 0 radical (unpaired) electrons. The number of phenols is 1. The Morgan fingerprint density at radius 1 is 1.19 bits per heavy atom. The van der Waals surface area contributed by atoms with E-state index in [-0.39, 0.29) is 22.9 Å². The Hall–Kier alpha value is -2.74. The van der Waals surface area contributed by atoms with E-state index in [0.717, 1.165) is 5.56 Å². The number of rotatable bonds is 4. The largest absolute Gasteiger partial charge is 0.508 e. The molecule has 0 aliphatic heterocycles. The van der Waals surface area contributed by atoms with Crippen LogP contribution in [0.4, 0.5) is 5.95 Å². The molecule has 2 N–H and O–H groups in total. The molecule has 3 aromatic rings. The van der Waals surface area contributed by atoms with Crippen molar-refractivity contribution in [3.8, 4) is 11.7 Å². The monoisotopic (exact) mass is 303 g/mol. The van der Waals surface area contributed by atoms with E-state index in [9.17, 15) is 5.11 Å². The number of hydrogen-bond acceptors (Lipinski definition) is 7. The Kier molecular flexibility index (Phi) is 3.61. The summed E-state index contributed by atoms with van der Waals surface area (Å²) in [5, 5.41) is 16.6. The molecule has 0 aliphatic carbocycles. The van der Waals surface area contributed by atoms with Gasteiger partial charge in [0.25, 0.3) is 5.95 Å². The van der Waals surface area contributed by atoms with Crippen LogP contribution in [-0.2, 0) is 6.54 Å². The zero-order chi connectivity index (χ0) is 14.7. The average molecular weight is 304 g/mol.